The quantitative estimate of drug-likeness (QED) is 0.549. The van der Waals surface area contributed by atoms with E-state index in [9.17, 15) is 28.1 Å². The molecule has 9 nitrogen and oxygen atoms in total. The first-order chi connectivity index (χ1) is 14.1. The van der Waals surface area contributed by atoms with E-state index < -0.39 is 16.8 Å². The number of hydrogen-bond donors (Lipinski definition) is 0. The van der Waals surface area contributed by atoms with E-state index in [0.717, 1.165) is 6.07 Å². The molecular formula is C18H19F3N6O3. The Bertz CT molecular complexity index is 941. The molecule has 0 unspecified atom stereocenters. The number of nitro groups is 1. The van der Waals surface area contributed by atoms with E-state index in [-0.39, 0.29) is 49.5 Å². The average Bonchev–Trinajstić information content (AvgIpc) is 2.72. The minimum Gasteiger partial charge on any atom is -0.363 e. The van der Waals surface area contributed by atoms with E-state index in [1.54, 1.807) is 19.0 Å². The number of carbonyl (C=O) groups is 1. The summed E-state index contributed by atoms with van der Waals surface area (Å²) in [6, 6.07) is 6.15. The number of carbonyl (C=O) groups excluding carboxylic acids is 1. The van der Waals surface area contributed by atoms with Crippen LogP contribution in [0.25, 0.3) is 0 Å². The summed E-state index contributed by atoms with van der Waals surface area (Å²) >= 11 is 0. The molecule has 0 bridgehead atoms. The van der Waals surface area contributed by atoms with Crippen molar-refractivity contribution in [2.45, 2.75) is 6.18 Å². The van der Waals surface area contributed by atoms with Crippen LogP contribution in [0.4, 0.5) is 30.6 Å². The SMILES string of the molecule is CN(C)c1cc(C(F)(F)F)nc(N2CCN(C(=O)c3ccc([N+](=O)[O-])cc3)CC2)n1. The van der Waals surface area contributed by atoms with Gasteiger partial charge >= 0.3 is 6.18 Å². The summed E-state index contributed by atoms with van der Waals surface area (Å²) in [5.74, 6) is -0.212. The first-order valence-corrected chi connectivity index (χ1v) is 8.98. The van der Waals surface area contributed by atoms with Crippen molar-refractivity contribution >= 4 is 23.4 Å². The first-order valence-electron chi connectivity index (χ1n) is 8.98. The largest absolute Gasteiger partial charge is 0.433 e. The molecule has 0 N–H and O–H groups in total. The molecule has 0 aliphatic carbocycles. The fourth-order valence-electron chi connectivity index (χ4n) is 2.96. The second kappa shape index (κ2) is 8.13. The van der Waals surface area contributed by atoms with E-state index in [2.05, 4.69) is 9.97 Å². The summed E-state index contributed by atoms with van der Waals surface area (Å²) in [4.78, 5) is 35.2. The highest BCUT2D eigenvalue weighted by atomic mass is 19.4. The van der Waals surface area contributed by atoms with Crippen LogP contribution in [-0.4, -0.2) is 66.0 Å². The summed E-state index contributed by atoms with van der Waals surface area (Å²) in [7, 11) is 3.18. The van der Waals surface area contributed by atoms with Crippen LogP contribution in [0.1, 0.15) is 16.1 Å². The van der Waals surface area contributed by atoms with Crippen molar-refractivity contribution in [1.29, 1.82) is 0 Å². The van der Waals surface area contributed by atoms with E-state index in [4.69, 9.17) is 0 Å². The molecule has 2 heterocycles. The Labute approximate surface area is 169 Å². The molecule has 0 saturated carbocycles. The summed E-state index contributed by atoms with van der Waals surface area (Å²) in [5.41, 5.74) is -0.838. The number of nitro benzene ring substituents is 1. The van der Waals surface area contributed by atoms with Gasteiger partial charge in [0.1, 0.15) is 5.82 Å². The topological polar surface area (TPSA) is 95.7 Å². The van der Waals surface area contributed by atoms with Crippen LogP contribution in [0.5, 0.6) is 0 Å². The van der Waals surface area contributed by atoms with Crippen molar-refractivity contribution < 1.29 is 22.9 Å². The molecule has 1 fully saturated rings. The van der Waals surface area contributed by atoms with E-state index in [1.165, 1.54) is 34.1 Å². The number of rotatable bonds is 4. The van der Waals surface area contributed by atoms with Crippen LogP contribution in [0.3, 0.4) is 0 Å². The second-order valence-electron chi connectivity index (χ2n) is 6.89. The standard InChI is InChI=1S/C18H19F3N6O3/c1-24(2)15-11-14(18(19,20)21)22-17(23-15)26-9-7-25(8-10-26)16(28)12-3-5-13(6-4-12)27(29)30/h3-6,11H,7-10H2,1-2H3. The number of halogens is 3. The van der Waals surface area contributed by atoms with Crippen molar-refractivity contribution in [2.24, 2.45) is 0 Å². The van der Waals surface area contributed by atoms with Crippen molar-refractivity contribution in [3.05, 3.63) is 51.7 Å². The van der Waals surface area contributed by atoms with Crippen molar-refractivity contribution in [3.63, 3.8) is 0 Å². The predicted molar refractivity (Wildman–Crippen MR) is 103 cm³/mol. The molecule has 0 spiro atoms. The lowest BCUT2D eigenvalue weighted by Crippen LogP contribution is -2.49. The van der Waals surface area contributed by atoms with Gasteiger partial charge in [0.05, 0.1) is 4.92 Å². The van der Waals surface area contributed by atoms with Gasteiger partial charge in [-0.3, -0.25) is 14.9 Å². The molecule has 1 aromatic carbocycles. The third-order valence-electron chi connectivity index (χ3n) is 4.62. The van der Waals surface area contributed by atoms with Crippen LogP contribution < -0.4 is 9.80 Å². The van der Waals surface area contributed by atoms with Gasteiger partial charge < -0.3 is 14.7 Å². The highest BCUT2D eigenvalue weighted by Gasteiger charge is 2.35. The molecule has 2 aromatic rings. The van der Waals surface area contributed by atoms with Gasteiger partial charge in [0.25, 0.3) is 11.6 Å². The molecule has 1 aromatic heterocycles. The van der Waals surface area contributed by atoms with Crippen LogP contribution in [0.2, 0.25) is 0 Å². The number of amides is 1. The van der Waals surface area contributed by atoms with E-state index in [0.29, 0.717) is 5.56 Å². The van der Waals surface area contributed by atoms with Crippen molar-refractivity contribution in [3.8, 4) is 0 Å². The van der Waals surface area contributed by atoms with Gasteiger partial charge in [-0.2, -0.15) is 18.2 Å². The Morgan fingerprint density at radius 1 is 1.10 bits per heavy atom. The van der Waals surface area contributed by atoms with Crippen molar-refractivity contribution in [1.82, 2.24) is 14.9 Å². The molecule has 1 saturated heterocycles. The zero-order valence-electron chi connectivity index (χ0n) is 16.3. The maximum absolute atomic E-state index is 13.2. The first kappa shape index (κ1) is 21.3. The third kappa shape index (κ3) is 4.58. The van der Waals surface area contributed by atoms with Crippen LogP contribution >= 0.6 is 0 Å². The molecule has 3 rings (SSSR count). The van der Waals surface area contributed by atoms with Gasteiger partial charge in [0, 0.05) is 64.0 Å². The lowest BCUT2D eigenvalue weighted by molar-refractivity contribution is -0.384. The number of non-ortho nitro benzene ring substituents is 1. The lowest BCUT2D eigenvalue weighted by atomic mass is 10.1. The molecule has 12 heteroatoms. The fourth-order valence-corrected chi connectivity index (χ4v) is 2.96. The highest BCUT2D eigenvalue weighted by Crippen LogP contribution is 2.31. The number of aromatic nitrogens is 2. The predicted octanol–water partition coefficient (Wildman–Crippen LogP) is 2.43. The normalized spacial score (nSPS) is 14.6. The molecule has 1 aliphatic rings. The van der Waals surface area contributed by atoms with Gasteiger partial charge in [-0.1, -0.05) is 0 Å². The molecule has 0 atom stereocenters. The summed E-state index contributed by atoms with van der Waals surface area (Å²) in [6.45, 7) is 1.03. The van der Waals surface area contributed by atoms with E-state index in [1.807, 2.05) is 0 Å². The van der Waals surface area contributed by atoms with E-state index >= 15 is 0 Å². The number of alkyl halides is 3. The second-order valence-corrected chi connectivity index (χ2v) is 6.89. The zero-order chi connectivity index (χ0) is 22.1. The highest BCUT2D eigenvalue weighted by molar-refractivity contribution is 5.94. The van der Waals surface area contributed by atoms with Gasteiger partial charge in [-0.15, -0.1) is 0 Å². The average molecular weight is 424 g/mol. The fraction of sp³-hybridized carbons (Fsp3) is 0.389. The van der Waals surface area contributed by atoms with Gasteiger partial charge in [0.15, 0.2) is 5.69 Å². The van der Waals surface area contributed by atoms with Crippen LogP contribution in [0.15, 0.2) is 30.3 Å². The Kier molecular flexibility index (Phi) is 5.76. The Hall–Kier alpha value is -3.44. The molecular weight excluding hydrogens is 405 g/mol. The Morgan fingerprint density at radius 2 is 1.70 bits per heavy atom. The molecule has 30 heavy (non-hydrogen) atoms. The number of hydrogen-bond acceptors (Lipinski definition) is 7. The smallest absolute Gasteiger partial charge is 0.363 e. The van der Waals surface area contributed by atoms with Crippen LogP contribution in [0, 0.1) is 10.1 Å². The summed E-state index contributed by atoms with van der Waals surface area (Å²) in [6.07, 6.45) is -4.60. The maximum atomic E-state index is 13.2. The monoisotopic (exact) mass is 424 g/mol. The minimum absolute atomic E-state index is 0.0454. The van der Waals surface area contributed by atoms with Gasteiger partial charge in [-0.05, 0) is 12.1 Å². The summed E-state index contributed by atoms with van der Waals surface area (Å²) < 4.78 is 39.6. The maximum Gasteiger partial charge on any atom is 0.433 e. The number of anilines is 2. The number of nitrogens with zero attached hydrogens (tertiary/aromatic N) is 6. The molecule has 1 amide bonds. The van der Waals surface area contributed by atoms with Gasteiger partial charge in [0.2, 0.25) is 5.95 Å². The minimum atomic E-state index is -4.60. The number of benzene rings is 1. The Morgan fingerprint density at radius 3 is 2.20 bits per heavy atom. The lowest BCUT2D eigenvalue weighted by Gasteiger charge is -2.35. The van der Waals surface area contributed by atoms with Crippen LogP contribution in [-0.2, 0) is 6.18 Å². The molecule has 0 radical (unpaired) electrons. The molecule has 160 valence electrons. The zero-order valence-corrected chi connectivity index (χ0v) is 16.3. The van der Waals surface area contributed by atoms with Crippen molar-refractivity contribution in [2.75, 3.05) is 50.1 Å². The summed E-state index contributed by atoms with van der Waals surface area (Å²) in [5, 5.41) is 10.7. The Balaban J connectivity index is 1.73. The number of piperazine rings is 1. The van der Waals surface area contributed by atoms with Gasteiger partial charge in [-0.25, -0.2) is 4.98 Å². The third-order valence-corrected chi connectivity index (χ3v) is 4.62. The molecule has 1 aliphatic heterocycles.